The zero-order valence-electron chi connectivity index (χ0n) is 11.9. The molecule has 0 spiro atoms. The Bertz CT molecular complexity index is 526. The van der Waals surface area contributed by atoms with Gasteiger partial charge in [-0.2, -0.15) is 0 Å². The van der Waals surface area contributed by atoms with Crippen molar-refractivity contribution in [3.05, 3.63) is 60.2 Å². The largest absolute Gasteiger partial charge is 0.207 e. The predicted molar refractivity (Wildman–Crippen MR) is 85.9 cm³/mol. The molecule has 110 valence electrons. The molecule has 0 heterocycles. The molecule has 0 bridgehead atoms. The van der Waals surface area contributed by atoms with E-state index < -0.39 is 7.92 Å². The van der Waals surface area contributed by atoms with Crippen molar-refractivity contribution in [2.24, 2.45) is 0 Å². The average Bonchev–Trinajstić information content (AvgIpc) is 2.52. The summed E-state index contributed by atoms with van der Waals surface area (Å²) in [6.45, 7) is 0. The summed E-state index contributed by atoms with van der Waals surface area (Å²) in [5.74, 6) is -0.395. The van der Waals surface area contributed by atoms with E-state index in [0.717, 1.165) is 0 Å². The number of hydrogen-bond acceptors (Lipinski definition) is 0. The van der Waals surface area contributed by atoms with E-state index in [4.69, 9.17) is 0 Å². The lowest BCUT2D eigenvalue weighted by molar-refractivity contribution is 0.513. The third kappa shape index (κ3) is 3.49. The fourth-order valence-electron chi connectivity index (χ4n) is 3.11. The molecule has 21 heavy (non-hydrogen) atoms. The molecular formula is C18H19F2P. The Morgan fingerprint density at radius 1 is 0.667 bits per heavy atom. The lowest BCUT2D eigenvalue weighted by Crippen LogP contribution is -2.23. The molecule has 1 aliphatic rings. The summed E-state index contributed by atoms with van der Waals surface area (Å²) in [7, 11) is -0.527. The molecule has 0 amide bonds. The van der Waals surface area contributed by atoms with Crippen LogP contribution in [-0.4, -0.2) is 5.66 Å². The van der Waals surface area contributed by atoms with Gasteiger partial charge in [0.25, 0.3) is 0 Å². The molecule has 0 atom stereocenters. The molecule has 2 aromatic carbocycles. The van der Waals surface area contributed by atoms with Crippen LogP contribution < -0.4 is 10.6 Å². The molecular weight excluding hydrogens is 285 g/mol. The number of hydrogen-bond donors (Lipinski definition) is 0. The minimum atomic E-state index is -0.527. The van der Waals surface area contributed by atoms with Gasteiger partial charge in [0, 0.05) is 0 Å². The highest BCUT2D eigenvalue weighted by molar-refractivity contribution is 7.73. The van der Waals surface area contributed by atoms with Gasteiger partial charge in [-0.15, -0.1) is 0 Å². The second-order valence-corrected chi connectivity index (χ2v) is 8.12. The van der Waals surface area contributed by atoms with Crippen LogP contribution in [0.25, 0.3) is 0 Å². The molecule has 3 heteroatoms. The second-order valence-electron chi connectivity index (χ2n) is 5.61. The molecule has 0 radical (unpaired) electrons. The smallest absolute Gasteiger partial charge is 0.123 e. The van der Waals surface area contributed by atoms with Crippen LogP contribution in [0.3, 0.4) is 0 Å². The molecule has 1 aliphatic carbocycles. The Kier molecular flexibility index (Phi) is 4.65. The van der Waals surface area contributed by atoms with Crippen LogP contribution in [0.4, 0.5) is 8.78 Å². The Morgan fingerprint density at radius 2 is 1.10 bits per heavy atom. The highest BCUT2D eigenvalue weighted by Crippen LogP contribution is 2.46. The monoisotopic (exact) mass is 304 g/mol. The van der Waals surface area contributed by atoms with Crippen molar-refractivity contribution >= 4 is 18.5 Å². The molecule has 3 rings (SSSR count). The molecule has 1 fully saturated rings. The van der Waals surface area contributed by atoms with Gasteiger partial charge in [0.05, 0.1) is 0 Å². The van der Waals surface area contributed by atoms with Gasteiger partial charge in [0.2, 0.25) is 0 Å². The van der Waals surface area contributed by atoms with E-state index in [0.29, 0.717) is 5.66 Å². The maximum Gasteiger partial charge on any atom is 0.123 e. The summed E-state index contributed by atoms with van der Waals surface area (Å²) in [5, 5.41) is 2.40. The summed E-state index contributed by atoms with van der Waals surface area (Å²) in [5.41, 5.74) is 0.629. The molecule has 0 saturated heterocycles. The number of rotatable bonds is 3. The van der Waals surface area contributed by atoms with Crippen molar-refractivity contribution in [1.82, 2.24) is 0 Å². The topological polar surface area (TPSA) is 0 Å². The normalized spacial score (nSPS) is 16.3. The number of halogens is 2. The highest BCUT2D eigenvalue weighted by Gasteiger charge is 2.26. The third-order valence-corrected chi connectivity index (χ3v) is 7.11. The van der Waals surface area contributed by atoms with Crippen molar-refractivity contribution < 1.29 is 8.78 Å². The summed E-state index contributed by atoms with van der Waals surface area (Å²) < 4.78 is 26.4. The Labute approximate surface area is 126 Å². The maximum absolute atomic E-state index is 13.2. The van der Waals surface area contributed by atoms with Crippen LogP contribution in [-0.2, 0) is 0 Å². The van der Waals surface area contributed by atoms with Gasteiger partial charge >= 0.3 is 0 Å². The summed E-state index contributed by atoms with van der Waals surface area (Å²) in [6, 6.07) is 13.8. The van der Waals surface area contributed by atoms with E-state index in [-0.39, 0.29) is 11.6 Å². The zero-order valence-corrected chi connectivity index (χ0v) is 12.8. The Morgan fingerprint density at radius 3 is 1.52 bits per heavy atom. The fraction of sp³-hybridized carbons (Fsp3) is 0.333. The summed E-state index contributed by atoms with van der Waals surface area (Å²) in [6.07, 6.45) is 6.30. The van der Waals surface area contributed by atoms with Gasteiger partial charge < -0.3 is 0 Å². The Balaban J connectivity index is 1.97. The number of benzene rings is 2. The molecule has 1 saturated carbocycles. The van der Waals surface area contributed by atoms with Crippen LogP contribution in [0.2, 0.25) is 0 Å². The van der Waals surface area contributed by atoms with Crippen molar-refractivity contribution in [2.45, 2.75) is 37.8 Å². The molecule has 0 N–H and O–H groups in total. The van der Waals surface area contributed by atoms with Gasteiger partial charge in [-0.05, 0) is 61.3 Å². The van der Waals surface area contributed by atoms with Crippen LogP contribution >= 0.6 is 7.92 Å². The van der Waals surface area contributed by atoms with Crippen molar-refractivity contribution in [3.63, 3.8) is 0 Å². The van der Waals surface area contributed by atoms with E-state index in [2.05, 4.69) is 0 Å². The SMILES string of the molecule is Fc1ccc(P(c2ccc(F)cc2)C2CCCCC2)cc1. The average molecular weight is 304 g/mol. The van der Waals surface area contributed by atoms with Gasteiger partial charge in [-0.1, -0.05) is 43.5 Å². The molecule has 0 nitrogen and oxygen atoms in total. The molecule has 0 aliphatic heterocycles. The Hall–Kier alpha value is -1.27. The van der Waals surface area contributed by atoms with Crippen LogP contribution in [0.5, 0.6) is 0 Å². The van der Waals surface area contributed by atoms with E-state index in [1.807, 2.05) is 24.3 Å². The molecule has 0 aromatic heterocycles. The van der Waals surface area contributed by atoms with Gasteiger partial charge in [0.1, 0.15) is 11.6 Å². The minimum Gasteiger partial charge on any atom is -0.207 e. The minimum absolute atomic E-state index is 0.198. The second kappa shape index (κ2) is 6.66. The molecule has 2 aromatic rings. The highest BCUT2D eigenvalue weighted by atomic mass is 31.1. The van der Waals surface area contributed by atoms with Crippen LogP contribution in [0, 0.1) is 11.6 Å². The quantitative estimate of drug-likeness (QED) is 0.719. The molecule has 0 unspecified atom stereocenters. The first-order chi connectivity index (χ1) is 10.2. The summed E-state index contributed by atoms with van der Waals surface area (Å²) in [4.78, 5) is 0. The van der Waals surface area contributed by atoms with Crippen molar-refractivity contribution in [2.75, 3.05) is 0 Å². The first-order valence-corrected chi connectivity index (χ1v) is 8.95. The first-order valence-electron chi connectivity index (χ1n) is 7.54. The summed E-state index contributed by atoms with van der Waals surface area (Å²) >= 11 is 0. The van der Waals surface area contributed by atoms with E-state index in [1.54, 1.807) is 0 Å². The van der Waals surface area contributed by atoms with E-state index in [1.165, 1.54) is 67.0 Å². The fourth-order valence-corrected chi connectivity index (χ4v) is 6.08. The zero-order chi connectivity index (χ0) is 14.7. The van der Waals surface area contributed by atoms with Crippen LogP contribution in [0.15, 0.2) is 48.5 Å². The lowest BCUT2D eigenvalue weighted by Gasteiger charge is -2.31. The van der Waals surface area contributed by atoms with Crippen molar-refractivity contribution in [1.29, 1.82) is 0 Å². The van der Waals surface area contributed by atoms with Crippen molar-refractivity contribution in [3.8, 4) is 0 Å². The van der Waals surface area contributed by atoms with Gasteiger partial charge in [0.15, 0.2) is 0 Å². The van der Waals surface area contributed by atoms with Gasteiger partial charge in [-0.3, -0.25) is 0 Å². The lowest BCUT2D eigenvalue weighted by atomic mass is 10.0. The first kappa shape index (κ1) is 14.7. The predicted octanol–water partition coefficient (Wildman–Crippen LogP) is 4.73. The van der Waals surface area contributed by atoms with Crippen LogP contribution in [0.1, 0.15) is 32.1 Å². The third-order valence-electron chi connectivity index (χ3n) is 4.15. The maximum atomic E-state index is 13.2. The van der Waals surface area contributed by atoms with E-state index >= 15 is 0 Å². The van der Waals surface area contributed by atoms with E-state index in [9.17, 15) is 8.78 Å². The standard InChI is InChI=1S/C18H19F2P/c19-14-6-10-17(11-7-14)21(16-4-2-1-3-5-16)18-12-8-15(20)9-13-18/h6-13,16H,1-5H2. The van der Waals surface area contributed by atoms with Gasteiger partial charge in [-0.25, -0.2) is 8.78 Å².